The Morgan fingerprint density at radius 2 is 1.29 bits per heavy atom. The number of aromatic nitrogens is 3. The second-order valence-corrected chi connectivity index (χ2v) is 13.8. The van der Waals surface area contributed by atoms with E-state index in [0.29, 0.717) is 19.6 Å². The van der Waals surface area contributed by atoms with E-state index >= 15 is 0 Å². The van der Waals surface area contributed by atoms with Gasteiger partial charge >= 0.3 is 0 Å². The average molecular weight is 694 g/mol. The van der Waals surface area contributed by atoms with Gasteiger partial charge in [0.1, 0.15) is 23.7 Å². The van der Waals surface area contributed by atoms with Gasteiger partial charge in [0.15, 0.2) is 0 Å². The number of H-pyrrole nitrogens is 1. The number of nitrogens with two attached hydrogens (primary N) is 2. The first-order valence-corrected chi connectivity index (χ1v) is 18.1. The van der Waals surface area contributed by atoms with E-state index in [9.17, 15) is 9.59 Å². The van der Waals surface area contributed by atoms with Crippen LogP contribution in [0.3, 0.4) is 0 Å². The van der Waals surface area contributed by atoms with Crippen LogP contribution in [0.2, 0.25) is 0 Å². The normalized spacial score (nSPS) is 21.1. The standard InChI is InChI=1S/C41H43N9O2/c42-36(28-9-3-1-4-10-28)40(51)49-21-7-13-34(49)38-45-24-32(47-38)27-17-15-26(16-18-27)31-20-19-30(23-44-31)33-25-46-39(48-33)35-14-8-22-50(35)41(52)37(43)29-11-5-2-6-12-29/h1-6,9-12,15-20,23,25,32,34-37H,7-8,13-14,21-22,24,42-43H2,(H,45,47)(H,46,48)/t32?,34-,35-,36+,37+/m0/s1. The summed E-state index contributed by atoms with van der Waals surface area (Å²) in [5, 5.41) is 3.60. The van der Waals surface area contributed by atoms with Crippen molar-refractivity contribution in [3.63, 3.8) is 0 Å². The lowest BCUT2D eigenvalue weighted by atomic mass is 10.0. The minimum absolute atomic E-state index is 0.0365. The highest BCUT2D eigenvalue weighted by Gasteiger charge is 2.38. The number of carbonyl (C=O) groups excluding carboxylic acids is 2. The van der Waals surface area contributed by atoms with E-state index < -0.39 is 12.1 Å². The van der Waals surface area contributed by atoms with E-state index in [4.69, 9.17) is 21.4 Å². The Kier molecular flexibility index (Phi) is 9.36. The van der Waals surface area contributed by atoms with Crippen LogP contribution >= 0.6 is 0 Å². The fourth-order valence-electron chi connectivity index (χ4n) is 7.71. The number of amides is 2. The molecule has 0 aliphatic carbocycles. The smallest absolute Gasteiger partial charge is 0.244 e. The molecule has 52 heavy (non-hydrogen) atoms. The van der Waals surface area contributed by atoms with Crippen molar-refractivity contribution in [1.29, 1.82) is 0 Å². The molecule has 0 radical (unpaired) electrons. The summed E-state index contributed by atoms with van der Waals surface area (Å²) < 4.78 is 0. The minimum Gasteiger partial charge on any atom is -0.363 e. The Hall–Kier alpha value is -5.65. The zero-order chi connectivity index (χ0) is 35.6. The molecule has 2 aromatic heterocycles. The van der Waals surface area contributed by atoms with Crippen LogP contribution in [0.25, 0.3) is 22.5 Å². The number of pyridine rings is 1. The first-order chi connectivity index (χ1) is 25.4. The van der Waals surface area contributed by atoms with Crippen molar-refractivity contribution in [2.75, 3.05) is 19.6 Å². The van der Waals surface area contributed by atoms with Gasteiger partial charge in [-0.05, 0) is 54.5 Å². The first-order valence-electron chi connectivity index (χ1n) is 18.1. The molecule has 5 atom stereocenters. The minimum atomic E-state index is -0.701. The number of hydrogen-bond acceptors (Lipinski definition) is 8. The van der Waals surface area contributed by atoms with Crippen molar-refractivity contribution in [2.45, 2.75) is 55.9 Å². The lowest BCUT2D eigenvalue weighted by molar-refractivity contribution is -0.134. The van der Waals surface area contributed by atoms with Crippen molar-refractivity contribution in [3.8, 4) is 22.5 Å². The van der Waals surface area contributed by atoms with Crippen LogP contribution in [0.1, 0.15) is 72.4 Å². The molecule has 0 spiro atoms. The molecule has 2 fully saturated rings. The summed E-state index contributed by atoms with van der Waals surface area (Å²) in [6, 6.07) is 29.9. The maximum atomic E-state index is 13.4. The molecule has 8 rings (SSSR count). The summed E-state index contributed by atoms with van der Waals surface area (Å²) in [4.78, 5) is 48.2. The third kappa shape index (κ3) is 6.60. The molecule has 1 unspecified atom stereocenters. The number of nitrogens with zero attached hydrogens (tertiary/aromatic N) is 5. The van der Waals surface area contributed by atoms with Gasteiger partial charge in [0.05, 0.1) is 42.3 Å². The molecule has 11 nitrogen and oxygen atoms in total. The van der Waals surface area contributed by atoms with Crippen LogP contribution in [0.5, 0.6) is 0 Å². The number of imidazole rings is 1. The SMILES string of the molecule is N[C@@H](C(=O)N1CCC[C@H]1C1=NCC(c2ccc(-c3ccc(-c4cnc([C@@H]5CCCN5C(=O)[C@H](N)c5ccccc5)[nH]4)cn3)cc2)N1)c1ccccc1. The monoisotopic (exact) mass is 693 g/mol. The van der Waals surface area contributed by atoms with Crippen molar-refractivity contribution in [1.82, 2.24) is 30.1 Å². The van der Waals surface area contributed by atoms with Crippen LogP contribution in [-0.4, -0.2) is 68.1 Å². The molecule has 0 bridgehead atoms. The first kappa shape index (κ1) is 33.5. The van der Waals surface area contributed by atoms with Crippen molar-refractivity contribution < 1.29 is 9.59 Å². The lowest BCUT2D eigenvalue weighted by Gasteiger charge is -2.28. The fraction of sp³-hybridized carbons (Fsp3) is 0.293. The molecule has 2 amide bonds. The molecule has 0 saturated carbocycles. The summed E-state index contributed by atoms with van der Waals surface area (Å²) in [6.45, 7) is 1.95. The number of carbonyl (C=O) groups is 2. The maximum Gasteiger partial charge on any atom is 0.244 e. The molecule has 264 valence electrons. The zero-order valence-corrected chi connectivity index (χ0v) is 28.9. The van der Waals surface area contributed by atoms with Gasteiger partial charge in [0.2, 0.25) is 11.8 Å². The van der Waals surface area contributed by atoms with Gasteiger partial charge in [0, 0.05) is 30.4 Å². The van der Waals surface area contributed by atoms with Gasteiger partial charge in [-0.2, -0.15) is 0 Å². The van der Waals surface area contributed by atoms with Crippen molar-refractivity contribution in [3.05, 3.63) is 132 Å². The highest BCUT2D eigenvalue weighted by Crippen LogP contribution is 2.34. The summed E-state index contributed by atoms with van der Waals surface area (Å²) in [7, 11) is 0. The molecule has 3 aliphatic heterocycles. The number of amidine groups is 1. The average Bonchev–Trinajstić information content (AvgIpc) is 4.04. The molecule has 5 heterocycles. The second-order valence-electron chi connectivity index (χ2n) is 13.8. The molecule has 3 aromatic carbocycles. The predicted octanol–water partition coefficient (Wildman–Crippen LogP) is 5.24. The van der Waals surface area contributed by atoms with Gasteiger partial charge in [-0.25, -0.2) is 4.98 Å². The Balaban J connectivity index is 0.888. The highest BCUT2D eigenvalue weighted by atomic mass is 16.2. The summed E-state index contributed by atoms with van der Waals surface area (Å²) >= 11 is 0. The van der Waals surface area contributed by atoms with Crippen LogP contribution in [0.4, 0.5) is 0 Å². The van der Waals surface area contributed by atoms with Gasteiger partial charge < -0.3 is 31.6 Å². The molecular weight excluding hydrogens is 651 g/mol. The molecule has 2 saturated heterocycles. The number of benzene rings is 3. The number of aliphatic imine (C=N–C) groups is 1. The van der Waals surface area contributed by atoms with Gasteiger partial charge in [-0.15, -0.1) is 0 Å². The van der Waals surface area contributed by atoms with E-state index in [1.165, 1.54) is 0 Å². The van der Waals surface area contributed by atoms with Crippen LogP contribution < -0.4 is 16.8 Å². The molecule has 5 aromatic rings. The Morgan fingerprint density at radius 1 is 0.692 bits per heavy atom. The topological polar surface area (TPSA) is 159 Å². The van der Waals surface area contributed by atoms with E-state index in [2.05, 4.69) is 39.6 Å². The third-order valence-electron chi connectivity index (χ3n) is 10.6. The van der Waals surface area contributed by atoms with Crippen molar-refractivity contribution >= 4 is 17.6 Å². The quantitative estimate of drug-likeness (QED) is 0.165. The van der Waals surface area contributed by atoms with E-state index in [0.717, 1.165) is 76.5 Å². The van der Waals surface area contributed by atoms with E-state index in [1.54, 1.807) is 0 Å². The Bertz CT molecular complexity index is 2050. The second kappa shape index (κ2) is 14.5. The van der Waals surface area contributed by atoms with Crippen LogP contribution in [-0.2, 0) is 9.59 Å². The number of aromatic amines is 1. The van der Waals surface area contributed by atoms with E-state index in [1.807, 2.05) is 95.0 Å². The van der Waals surface area contributed by atoms with Gasteiger partial charge in [-0.3, -0.25) is 19.6 Å². The fourth-order valence-corrected chi connectivity index (χ4v) is 7.71. The van der Waals surface area contributed by atoms with E-state index in [-0.39, 0.29) is 29.9 Å². The van der Waals surface area contributed by atoms with Gasteiger partial charge in [0.25, 0.3) is 0 Å². The lowest BCUT2D eigenvalue weighted by Crippen LogP contribution is -2.47. The maximum absolute atomic E-state index is 13.4. The van der Waals surface area contributed by atoms with Crippen LogP contribution in [0.15, 0.2) is 114 Å². The van der Waals surface area contributed by atoms with Crippen LogP contribution in [0, 0.1) is 0 Å². The van der Waals surface area contributed by atoms with Gasteiger partial charge in [-0.1, -0.05) is 84.9 Å². The summed E-state index contributed by atoms with van der Waals surface area (Å²) in [5.41, 5.74) is 19.2. The third-order valence-corrected chi connectivity index (χ3v) is 10.6. The Morgan fingerprint density at radius 3 is 1.90 bits per heavy atom. The number of rotatable bonds is 9. The summed E-state index contributed by atoms with van der Waals surface area (Å²) in [5.74, 6) is 1.48. The number of hydrogen-bond donors (Lipinski definition) is 4. The van der Waals surface area contributed by atoms with Crippen molar-refractivity contribution in [2.24, 2.45) is 16.5 Å². The molecule has 6 N–H and O–H groups in total. The number of nitrogens with one attached hydrogen (secondary N) is 2. The molecule has 3 aliphatic rings. The summed E-state index contributed by atoms with van der Waals surface area (Å²) in [6.07, 6.45) is 7.19. The largest absolute Gasteiger partial charge is 0.363 e. The number of likely N-dealkylation sites (tertiary alicyclic amines) is 2. The zero-order valence-electron chi connectivity index (χ0n) is 28.9. The molecular formula is C41H43N9O2. The highest BCUT2D eigenvalue weighted by molar-refractivity contribution is 5.95. The predicted molar refractivity (Wildman–Crippen MR) is 201 cm³/mol. The molecule has 11 heteroatoms. The Labute approximate surface area is 303 Å².